The Morgan fingerprint density at radius 2 is 2.07 bits per heavy atom. The van der Waals surface area contributed by atoms with E-state index in [-0.39, 0.29) is 0 Å². The van der Waals surface area contributed by atoms with Crippen LogP contribution in [0.2, 0.25) is 0 Å². The number of thiazole rings is 1. The first kappa shape index (κ1) is 11.0. The summed E-state index contributed by atoms with van der Waals surface area (Å²) in [7, 11) is 0. The molecule has 1 saturated heterocycles. The zero-order valence-electron chi connectivity index (χ0n) is 9.49. The first-order valence-corrected chi connectivity index (χ1v) is 6.37. The van der Waals surface area contributed by atoms with Crippen molar-refractivity contribution in [1.29, 1.82) is 0 Å². The summed E-state index contributed by atoms with van der Waals surface area (Å²) in [6.07, 6.45) is 2.27. The molecule has 2 heterocycles. The second-order valence-corrected chi connectivity index (χ2v) is 5.64. The molecule has 0 atom stereocenters. The van der Waals surface area contributed by atoms with Gasteiger partial charge in [0.05, 0.1) is 10.7 Å². The lowest BCUT2D eigenvalue weighted by Gasteiger charge is -2.29. The first-order chi connectivity index (χ1) is 7.15. The van der Waals surface area contributed by atoms with Crippen molar-refractivity contribution in [3.8, 4) is 0 Å². The van der Waals surface area contributed by atoms with Crippen LogP contribution in [0.4, 0.5) is 0 Å². The van der Waals surface area contributed by atoms with Gasteiger partial charge in [-0.05, 0) is 39.8 Å². The quantitative estimate of drug-likeness (QED) is 0.832. The van der Waals surface area contributed by atoms with Gasteiger partial charge in [-0.15, -0.1) is 11.3 Å². The van der Waals surface area contributed by atoms with Crippen LogP contribution in [0, 0.1) is 13.8 Å². The Kier molecular flexibility index (Phi) is 3.38. The van der Waals surface area contributed by atoms with Gasteiger partial charge in [0, 0.05) is 17.5 Å². The average Bonchev–Trinajstić information content (AvgIpc) is 2.49. The Balaban J connectivity index is 1.94. The maximum absolute atomic E-state index is 5.89. The van der Waals surface area contributed by atoms with E-state index in [1.807, 2.05) is 11.3 Å². The van der Waals surface area contributed by atoms with Crippen molar-refractivity contribution in [2.45, 2.75) is 39.3 Å². The molecule has 1 aliphatic rings. The average molecular weight is 225 g/mol. The Bertz CT molecular complexity index is 327. The van der Waals surface area contributed by atoms with E-state index in [1.54, 1.807) is 0 Å². The standard InChI is InChI=1S/C11H19N3S/c1-8-11(15-9(2)13-8)7-14-5-3-10(12)4-6-14/h10H,3-7,12H2,1-2H3. The van der Waals surface area contributed by atoms with Gasteiger partial charge in [0.25, 0.3) is 0 Å². The van der Waals surface area contributed by atoms with Crippen molar-refractivity contribution >= 4 is 11.3 Å². The largest absolute Gasteiger partial charge is 0.328 e. The fourth-order valence-electron chi connectivity index (χ4n) is 2.03. The number of rotatable bonds is 2. The smallest absolute Gasteiger partial charge is 0.0900 e. The molecular weight excluding hydrogens is 206 g/mol. The number of piperidine rings is 1. The Morgan fingerprint density at radius 3 is 2.60 bits per heavy atom. The third kappa shape index (κ3) is 2.77. The highest BCUT2D eigenvalue weighted by Gasteiger charge is 2.17. The molecule has 0 bridgehead atoms. The minimum absolute atomic E-state index is 0.422. The summed E-state index contributed by atoms with van der Waals surface area (Å²) >= 11 is 1.82. The zero-order valence-corrected chi connectivity index (χ0v) is 10.3. The van der Waals surface area contributed by atoms with Crippen molar-refractivity contribution in [3.05, 3.63) is 15.6 Å². The lowest BCUT2D eigenvalue weighted by Crippen LogP contribution is -2.39. The molecule has 1 aromatic rings. The van der Waals surface area contributed by atoms with Gasteiger partial charge >= 0.3 is 0 Å². The molecular formula is C11H19N3S. The summed E-state index contributed by atoms with van der Waals surface area (Å²) in [5.74, 6) is 0. The summed E-state index contributed by atoms with van der Waals surface area (Å²) in [6, 6.07) is 0.422. The van der Waals surface area contributed by atoms with E-state index in [1.165, 1.54) is 15.6 Å². The second-order valence-electron chi connectivity index (χ2n) is 4.36. The van der Waals surface area contributed by atoms with Crippen LogP contribution < -0.4 is 5.73 Å². The zero-order chi connectivity index (χ0) is 10.8. The first-order valence-electron chi connectivity index (χ1n) is 5.56. The molecule has 2 rings (SSSR count). The van der Waals surface area contributed by atoms with E-state index < -0.39 is 0 Å². The van der Waals surface area contributed by atoms with E-state index in [2.05, 4.69) is 23.7 Å². The van der Waals surface area contributed by atoms with E-state index in [4.69, 9.17) is 5.73 Å². The predicted octanol–water partition coefficient (Wildman–Crippen LogP) is 1.68. The van der Waals surface area contributed by atoms with Crippen LogP contribution in [0.3, 0.4) is 0 Å². The summed E-state index contributed by atoms with van der Waals surface area (Å²) in [5.41, 5.74) is 7.09. The Labute approximate surface area is 95.3 Å². The van der Waals surface area contributed by atoms with Gasteiger partial charge in [0.2, 0.25) is 0 Å². The number of hydrogen-bond acceptors (Lipinski definition) is 4. The van der Waals surface area contributed by atoms with Crippen LogP contribution in [0.15, 0.2) is 0 Å². The van der Waals surface area contributed by atoms with Gasteiger partial charge in [-0.3, -0.25) is 4.90 Å². The maximum atomic E-state index is 5.89. The van der Waals surface area contributed by atoms with Crippen molar-refractivity contribution in [1.82, 2.24) is 9.88 Å². The van der Waals surface area contributed by atoms with Crippen molar-refractivity contribution in [2.24, 2.45) is 5.73 Å². The summed E-state index contributed by atoms with van der Waals surface area (Å²) in [6.45, 7) is 7.51. The van der Waals surface area contributed by atoms with Crippen molar-refractivity contribution < 1.29 is 0 Å². The number of hydrogen-bond donors (Lipinski definition) is 1. The van der Waals surface area contributed by atoms with E-state index in [9.17, 15) is 0 Å². The molecule has 0 aromatic carbocycles. The Morgan fingerprint density at radius 1 is 1.40 bits per heavy atom. The predicted molar refractivity (Wildman–Crippen MR) is 64.1 cm³/mol. The molecule has 1 aliphatic heterocycles. The SMILES string of the molecule is Cc1nc(C)c(CN2CCC(N)CC2)s1. The van der Waals surface area contributed by atoms with E-state index in [0.717, 1.165) is 32.5 Å². The highest BCUT2D eigenvalue weighted by atomic mass is 32.1. The molecule has 4 heteroatoms. The van der Waals surface area contributed by atoms with Gasteiger partial charge in [-0.2, -0.15) is 0 Å². The van der Waals surface area contributed by atoms with Crippen LogP contribution >= 0.6 is 11.3 Å². The lowest BCUT2D eigenvalue weighted by atomic mass is 10.1. The fourth-order valence-corrected chi connectivity index (χ4v) is 3.01. The minimum Gasteiger partial charge on any atom is -0.328 e. The summed E-state index contributed by atoms with van der Waals surface area (Å²) in [4.78, 5) is 8.37. The van der Waals surface area contributed by atoms with E-state index >= 15 is 0 Å². The van der Waals surface area contributed by atoms with E-state index in [0.29, 0.717) is 6.04 Å². The van der Waals surface area contributed by atoms with Gasteiger partial charge in [0.15, 0.2) is 0 Å². The molecule has 1 fully saturated rings. The molecule has 0 aliphatic carbocycles. The molecule has 0 amide bonds. The minimum atomic E-state index is 0.422. The molecule has 15 heavy (non-hydrogen) atoms. The molecule has 0 spiro atoms. The molecule has 3 nitrogen and oxygen atoms in total. The van der Waals surface area contributed by atoms with Crippen LogP contribution in [-0.4, -0.2) is 29.0 Å². The van der Waals surface area contributed by atoms with Gasteiger partial charge in [-0.25, -0.2) is 4.98 Å². The van der Waals surface area contributed by atoms with Crippen molar-refractivity contribution in [2.75, 3.05) is 13.1 Å². The molecule has 1 aromatic heterocycles. The molecule has 2 N–H and O–H groups in total. The van der Waals surface area contributed by atoms with Crippen LogP contribution in [0.25, 0.3) is 0 Å². The van der Waals surface area contributed by atoms with Gasteiger partial charge in [-0.1, -0.05) is 0 Å². The monoisotopic (exact) mass is 225 g/mol. The third-order valence-electron chi connectivity index (χ3n) is 3.00. The number of nitrogens with zero attached hydrogens (tertiary/aromatic N) is 2. The summed E-state index contributed by atoms with van der Waals surface area (Å²) < 4.78 is 0. The highest BCUT2D eigenvalue weighted by Crippen LogP contribution is 2.20. The van der Waals surface area contributed by atoms with Crippen molar-refractivity contribution in [3.63, 3.8) is 0 Å². The van der Waals surface area contributed by atoms with Gasteiger partial charge in [0.1, 0.15) is 0 Å². The van der Waals surface area contributed by atoms with Crippen LogP contribution in [0.1, 0.15) is 28.4 Å². The topological polar surface area (TPSA) is 42.2 Å². The van der Waals surface area contributed by atoms with Crippen LogP contribution in [-0.2, 0) is 6.54 Å². The third-order valence-corrected chi connectivity index (χ3v) is 4.06. The van der Waals surface area contributed by atoms with Gasteiger partial charge < -0.3 is 5.73 Å². The maximum Gasteiger partial charge on any atom is 0.0900 e. The second kappa shape index (κ2) is 4.60. The Hall–Kier alpha value is -0.450. The number of nitrogens with two attached hydrogens (primary N) is 1. The molecule has 0 saturated carbocycles. The number of aryl methyl sites for hydroxylation is 2. The number of likely N-dealkylation sites (tertiary alicyclic amines) is 1. The highest BCUT2D eigenvalue weighted by molar-refractivity contribution is 7.11. The molecule has 0 unspecified atom stereocenters. The fraction of sp³-hybridized carbons (Fsp3) is 0.727. The molecule has 84 valence electrons. The molecule has 0 radical (unpaired) electrons. The summed E-state index contributed by atoms with van der Waals surface area (Å²) in [5, 5.41) is 1.18. The normalized spacial score (nSPS) is 19.7. The van der Waals surface area contributed by atoms with Crippen LogP contribution in [0.5, 0.6) is 0 Å². The number of aromatic nitrogens is 1. The lowest BCUT2D eigenvalue weighted by molar-refractivity contribution is 0.207.